The fourth-order valence-corrected chi connectivity index (χ4v) is 8.27. The van der Waals surface area contributed by atoms with Crippen LogP contribution in [0.2, 0.25) is 0 Å². The second-order valence-electron chi connectivity index (χ2n) is 13.1. The Bertz CT molecular complexity index is 2710. The van der Waals surface area contributed by atoms with Gasteiger partial charge in [0.05, 0.1) is 33.4 Å². The minimum atomic E-state index is 0.607. The van der Waals surface area contributed by atoms with Gasteiger partial charge in [0.25, 0.3) is 0 Å². The third-order valence-electron chi connectivity index (χ3n) is 10.4. The molecule has 2 aromatic heterocycles. The number of nitrogens with zero attached hydrogens (tertiary/aromatic N) is 3. The standard InChI is InChI=1S/C49H31N3/c50-32-40-48(51-41-28-14-10-24-36(41)37-25-11-15-29-42(37)51)46(34-20-6-2-7-21-34)45(33-18-4-1-5-19-33)47(35-22-8-3-9-23-35)49(40)52-43-30-16-12-26-38(43)39-27-13-17-31-44(39)52/h1-31H. The number of para-hydroxylation sites is 4. The van der Waals surface area contributed by atoms with Crippen LogP contribution in [0.15, 0.2) is 188 Å². The van der Waals surface area contributed by atoms with Gasteiger partial charge in [0.15, 0.2) is 0 Å². The molecule has 0 saturated carbocycles. The lowest BCUT2D eigenvalue weighted by Gasteiger charge is -2.27. The van der Waals surface area contributed by atoms with Crippen molar-refractivity contribution >= 4 is 43.6 Å². The number of benzene rings is 8. The average molecular weight is 662 g/mol. The number of rotatable bonds is 5. The third kappa shape index (κ3) is 4.38. The van der Waals surface area contributed by atoms with Crippen molar-refractivity contribution < 1.29 is 0 Å². The highest BCUT2D eigenvalue weighted by Gasteiger charge is 2.31. The van der Waals surface area contributed by atoms with Crippen LogP contribution in [0.3, 0.4) is 0 Å². The summed E-state index contributed by atoms with van der Waals surface area (Å²) in [5, 5.41) is 16.4. The molecule has 0 aliphatic carbocycles. The maximum atomic E-state index is 11.8. The lowest BCUT2D eigenvalue weighted by Crippen LogP contribution is -2.10. The molecule has 0 aliphatic rings. The van der Waals surface area contributed by atoms with Crippen molar-refractivity contribution in [1.29, 1.82) is 5.26 Å². The van der Waals surface area contributed by atoms with Gasteiger partial charge in [-0.05, 0) is 41.0 Å². The van der Waals surface area contributed by atoms with E-state index in [1.165, 1.54) is 0 Å². The molecular weight excluding hydrogens is 631 g/mol. The molecular formula is C49H31N3. The van der Waals surface area contributed by atoms with Gasteiger partial charge in [-0.1, -0.05) is 164 Å². The first kappa shape index (κ1) is 29.7. The van der Waals surface area contributed by atoms with Gasteiger partial charge in [-0.15, -0.1) is 0 Å². The molecule has 3 nitrogen and oxygen atoms in total. The Morgan fingerprint density at radius 3 is 0.885 bits per heavy atom. The largest absolute Gasteiger partial charge is 0.307 e. The van der Waals surface area contributed by atoms with Crippen LogP contribution in [0.25, 0.3) is 88.4 Å². The number of hydrogen-bond acceptors (Lipinski definition) is 1. The van der Waals surface area contributed by atoms with Crippen molar-refractivity contribution in [2.24, 2.45) is 0 Å². The molecule has 0 amide bonds. The number of hydrogen-bond donors (Lipinski definition) is 0. The van der Waals surface area contributed by atoms with E-state index in [9.17, 15) is 5.26 Å². The molecule has 0 spiro atoms. The summed E-state index contributed by atoms with van der Waals surface area (Å²) in [6.45, 7) is 0. The first-order valence-corrected chi connectivity index (χ1v) is 17.6. The Morgan fingerprint density at radius 1 is 0.308 bits per heavy atom. The summed E-state index contributed by atoms with van der Waals surface area (Å²) in [5.41, 5.74) is 12.8. The quantitative estimate of drug-likeness (QED) is 0.181. The van der Waals surface area contributed by atoms with Crippen LogP contribution in [0.1, 0.15) is 5.56 Å². The second kappa shape index (κ2) is 12.0. The Hall–Kier alpha value is -7.15. The first-order chi connectivity index (χ1) is 25.8. The van der Waals surface area contributed by atoms with Gasteiger partial charge in [0.2, 0.25) is 0 Å². The molecule has 3 heteroatoms. The summed E-state index contributed by atoms with van der Waals surface area (Å²) in [6, 6.07) is 69.0. The van der Waals surface area contributed by atoms with E-state index in [-0.39, 0.29) is 0 Å². The van der Waals surface area contributed by atoms with Crippen molar-refractivity contribution in [2.45, 2.75) is 0 Å². The van der Waals surface area contributed by atoms with Crippen molar-refractivity contribution in [3.05, 3.63) is 194 Å². The summed E-state index contributed by atoms with van der Waals surface area (Å²) in [7, 11) is 0. The zero-order chi connectivity index (χ0) is 34.6. The molecule has 0 fully saturated rings. The number of nitriles is 1. The molecule has 242 valence electrons. The van der Waals surface area contributed by atoms with E-state index in [1.54, 1.807) is 0 Å². The average Bonchev–Trinajstić information content (AvgIpc) is 3.73. The van der Waals surface area contributed by atoms with Crippen LogP contribution < -0.4 is 0 Å². The molecule has 0 bridgehead atoms. The third-order valence-corrected chi connectivity index (χ3v) is 10.4. The van der Waals surface area contributed by atoms with Crippen molar-refractivity contribution in [3.63, 3.8) is 0 Å². The number of aromatic nitrogens is 2. The summed E-state index contributed by atoms with van der Waals surface area (Å²) in [6.07, 6.45) is 0. The molecule has 10 aromatic rings. The fourth-order valence-electron chi connectivity index (χ4n) is 8.27. The monoisotopic (exact) mass is 661 g/mol. The highest BCUT2D eigenvalue weighted by Crippen LogP contribution is 2.51. The molecule has 0 unspecified atom stereocenters. The van der Waals surface area contributed by atoms with E-state index in [0.29, 0.717) is 5.56 Å². The van der Waals surface area contributed by atoms with Gasteiger partial charge in [-0.3, -0.25) is 0 Å². The van der Waals surface area contributed by atoms with E-state index >= 15 is 0 Å². The maximum absolute atomic E-state index is 11.8. The molecule has 10 rings (SSSR count). The van der Waals surface area contributed by atoms with Crippen molar-refractivity contribution in [1.82, 2.24) is 9.13 Å². The molecule has 0 saturated heterocycles. The SMILES string of the molecule is N#Cc1c(-n2c3ccccc3c3ccccc32)c(-c2ccccc2)c(-c2ccccc2)c(-c2ccccc2)c1-n1c2ccccc2c2ccccc21. The van der Waals surface area contributed by atoms with Crippen LogP contribution in [-0.4, -0.2) is 9.13 Å². The predicted octanol–water partition coefficient (Wildman–Crippen LogP) is 12.8. The minimum Gasteiger partial charge on any atom is -0.307 e. The fraction of sp³-hybridized carbons (Fsp3) is 0. The highest BCUT2D eigenvalue weighted by atomic mass is 15.0. The number of fused-ring (bicyclic) bond motifs is 6. The maximum Gasteiger partial charge on any atom is 0.104 e. The lowest BCUT2D eigenvalue weighted by atomic mass is 9.82. The van der Waals surface area contributed by atoms with Crippen LogP contribution in [0, 0.1) is 11.3 Å². The molecule has 0 aliphatic heterocycles. The van der Waals surface area contributed by atoms with Crippen LogP contribution in [-0.2, 0) is 0 Å². The van der Waals surface area contributed by atoms with Gasteiger partial charge < -0.3 is 9.13 Å². The van der Waals surface area contributed by atoms with E-state index in [2.05, 4.69) is 203 Å². The summed E-state index contributed by atoms with van der Waals surface area (Å²) >= 11 is 0. The zero-order valence-electron chi connectivity index (χ0n) is 28.2. The smallest absolute Gasteiger partial charge is 0.104 e. The first-order valence-electron chi connectivity index (χ1n) is 17.6. The van der Waals surface area contributed by atoms with Gasteiger partial charge in [-0.2, -0.15) is 5.26 Å². The molecule has 52 heavy (non-hydrogen) atoms. The summed E-state index contributed by atoms with van der Waals surface area (Å²) in [5.74, 6) is 0. The normalized spacial score (nSPS) is 11.4. The van der Waals surface area contributed by atoms with Gasteiger partial charge in [0.1, 0.15) is 11.6 Å². The Kier molecular flexibility index (Phi) is 6.87. The highest BCUT2D eigenvalue weighted by molar-refractivity contribution is 6.14. The second-order valence-corrected chi connectivity index (χ2v) is 13.1. The van der Waals surface area contributed by atoms with Gasteiger partial charge >= 0.3 is 0 Å². The Labute approximate surface area is 301 Å². The van der Waals surface area contributed by atoms with E-state index < -0.39 is 0 Å². The summed E-state index contributed by atoms with van der Waals surface area (Å²) in [4.78, 5) is 0. The molecule has 0 N–H and O–H groups in total. The van der Waals surface area contributed by atoms with Crippen LogP contribution >= 0.6 is 0 Å². The summed E-state index contributed by atoms with van der Waals surface area (Å²) < 4.78 is 4.67. The molecule has 0 atom stereocenters. The van der Waals surface area contributed by atoms with Gasteiger partial charge in [0, 0.05) is 38.2 Å². The molecule has 0 radical (unpaired) electrons. The zero-order valence-corrected chi connectivity index (χ0v) is 28.2. The lowest BCUT2D eigenvalue weighted by molar-refractivity contribution is 1.12. The molecule has 8 aromatic carbocycles. The topological polar surface area (TPSA) is 33.6 Å². The minimum absolute atomic E-state index is 0.607. The van der Waals surface area contributed by atoms with E-state index in [0.717, 1.165) is 88.4 Å². The van der Waals surface area contributed by atoms with E-state index in [4.69, 9.17) is 0 Å². The van der Waals surface area contributed by atoms with E-state index in [1.807, 2.05) is 0 Å². The van der Waals surface area contributed by atoms with Crippen LogP contribution in [0.5, 0.6) is 0 Å². The predicted molar refractivity (Wildman–Crippen MR) is 216 cm³/mol. The Balaban J connectivity index is 1.55. The molecule has 2 heterocycles. The van der Waals surface area contributed by atoms with Gasteiger partial charge in [-0.25, -0.2) is 0 Å². The Morgan fingerprint density at radius 2 is 0.577 bits per heavy atom. The van der Waals surface area contributed by atoms with Crippen molar-refractivity contribution in [2.75, 3.05) is 0 Å². The van der Waals surface area contributed by atoms with Crippen molar-refractivity contribution in [3.8, 4) is 50.8 Å². The van der Waals surface area contributed by atoms with Crippen LogP contribution in [0.4, 0.5) is 0 Å².